The van der Waals surface area contributed by atoms with Crippen molar-refractivity contribution in [1.82, 2.24) is 14.9 Å². The molecule has 1 saturated heterocycles. The third-order valence-electron chi connectivity index (χ3n) is 3.90. The van der Waals surface area contributed by atoms with Crippen molar-refractivity contribution in [3.8, 4) is 5.88 Å². The van der Waals surface area contributed by atoms with Crippen molar-refractivity contribution in [1.29, 1.82) is 0 Å². The van der Waals surface area contributed by atoms with Crippen LogP contribution in [0.15, 0.2) is 30.7 Å². The van der Waals surface area contributed by atoms with Gasteiger partial charge in [0.15, 0.2) is 0 Å². The fourth-order valence-electron chi connectivity index (χ4n) is 2.82. The van der Waals surface area contributed by atoms with Crippen LogP contribution in [-0.2, 0) is 4.79 Å². The quantitative estimate of drug-likeness (QED) is 0.788. The molecule has 1 aromatic heterocycles. The molecule has 1 aliphatic carbocycles. The summed E-state index contributed by atoms with van der Waals surface area (Å²) in [5.41, 5.74) is 0. The first kappa shape index (κ1) is 13.1. The molecule has 3 rings (SSSR count). The number of hydrogen-bond donors (Lipinski definition) is 0. The van der Waals surface area contributed by atoms with E-state index < -0.39 is 0 Å². The monoisotopic (exact) mass is 273 g/mol. The Hall–Kier alpha value is -1.91. The number of amides is 1. The Morgan fingerprint density at radius 2 is 2.25 bits per heavy atom. The number of carbonyl (C=O) groups excluding carboxylic acids is 1. The van der Waals surface area contributed by atoms with Crippen LogP contribution in [0.5, 0.6) is 5.88 Å². The first-order valence-corrected chi connectivity index (χ1v) is 7.19. The molecule has 1 amide bonds. The average molecular weight is 273 g/mol. The topological polar surface area (TPSA) is 55.3 Å². The maximum atomic E-state index is 12.4. The zero-order chi connectivity index (χ0) is 13.8. The number of rotatable bonds is 3. The summed E-state index contributed by atoms with van der Waals surface area (Å²) in [6.45, 7) is 1.44. The molecule has 0 N–H and O–H groups in total. The summed E-state index contributed by atoms with van der Waals surface area (Å²) in [7, 11) is 0. The van der Waals surface area contributed by atoms with E-state index in [-0.39, 0.29) is 17.9 Å². The van der Waals surface area contributed by atoms with Crippen LogP contribution in [0.25, 0.3) is 0 Å². The van der Waals surface area contributed by atoms with E-state index in [1.807, 2.05) is 4.90 Å². The lowest BCUT2D eigenvalue weighted by Gasteiger charge is -2.24. The van der Waals surface area contributed by atoms with Gasteiger partial charge in [-0.3, -0.25) is 9.78 Å². The van der Waals surface area contributed by atoms with Gasteiger partial charge in [-0.15, -0.1) is 0 Å². The maximum Gasteiger partial charge on any atom is 0.232 e. The molecule has 1 aliphatic heterocycles. The van der Waals surface area contributed by atoms with Crippen molar-refractivity contribution in [2.45, 2.75) is 31.8 Å². The molecule has 0 aromatic carbocycles. The van der Waals surface area contributed by atoms with Crippen LogP contribution in [0.2, 0.25) is 0 Å². The molecule has 2 heterocycles. The number of ether oxygens (including phenoxy) is 1. The van der Waals surface area contributed by atoms with Crippen molar-refractivity contribution in [2.24, 2.45) is 5.92 Å². The molecule has 5 nitrogen and oxygen atoms in total. The van der Waals surface area contributed by atoms with E-state index in [4.69, 9.17) is 4.74 Å². The first-order chi connectivity index (χ1) is 9.83. The van der Waals surface area contributed by atoms with Gasteiger partial charge in [-0.1, -0.05) is 12.2 Å². The predicted molar refractivity (Wildman–Crippen MR) is 74.1 cm³/mol. The standard InChI is InChI=1S/C15H19N3O2/c19-15(12-4-2-1-3-5-12)18-9-6-13(11-18)20-14-10-16-7-8-17-14/h1-2,7-8,10,12-13H,3-6,9,11H2/t12-,13+/m1/s1. The van der Waals surface area contributed by atoms with Crippen LogP contribution >= 0.6 is 0 Å². The average Bonchev–Trinajstić information content (AvgIpc) is 2.97. The highest BCUT2D eigenvalue weighted by Crippen LogP contribution is 2.24. The normalized spacial score (nSPS) is 25.7. The van der Waals surface area contributed by atoms with Crippen molar-refractivity contribution >= 4 is 5.91 Å². The summed E-state index contributed by atoms with van der Waals surface area (Å²) < 4.78 is 5.76. The van der Waals surface area contributed by atoms with Gasteiger partial charge in [0.2, 0.25) is 11.8 Å². The summed E-state index contributed by atoms with van der Waals surface area (Å²) in [6.07, 6.45) is 12.9. The number of aromatic nitrogens is 2. The minimum Gasteiger partial charge on any atom is -0.471 e. The van der Waals surface area contributed by atoms with E-state index >= 15 is 0 Å². The first-order valence-electron chi connectivity index (χ1n) is 7.19. The van der Waals surface area contributed by atoms with Crippen LogP contribution < -0.4 is 4.74 Å². The number of allylic oxidation sites excluding steroid dienone is 2. The van der Waals surface area contributed by atoms with Gasteiger partial charge in [-0.25, -0.2) is 4.98 Å². The second kappa shape index (κ2) is 6.03. The zero-order valence-electron chi connectivity index (χ0n) is 11.4. The molecule has 106 valence electrons. The molecule has 1 aromatic rings. The van der Waals surface area contributed by atoms with Gasteiger partial charge in [-0.2, -0.15) is 0 Å². The molecule has 0 spiro atoms. The Morgan fingerprint density at radius 3 is 3.00 bits per heavy atom. The molecule has 2 aliphatic rings. The summed E-state index contributed by atoms with van der Waals surface area (Å²) in [5.74, 6) is 0.974. The van der Waals surface area contributed by atoms with Crippen molar-refractivity contribution in [3.63, 3.8) is 0 Å². The summed E-state index contributed by atoms with van der Waals surface area (Å²) in [6, 6.07) is 0. The molecule has 20 heavy (non-hydrogen) atoms. The number of likely N-dealkylation sites (tertiary alicyclic amines) is 1. The van der Waals surface area contributed by atoms with E-state index in [9.17, 15) is 4.79 Å². The molecule has 0 radical (unpaired) electrons. The van der Waals surface area contributed by atoms with Crippen LogP contribution in [0.4, 0.5) is 0 Å². The minimum absolute atomic E-state index is 0.0368. The zero-order valence-corrected chi connectivity index (χ0v) is 11.4. The second-order valence-corrected chi connectivity index (χ2v) is 5.34. The fourth-order valence-corrected chi connectivity index (χ4v) is 2.82. The van der Waals surface area contributed by atoms with Gasteiger partial charge in [0, 0.05) is 31.3 Å². The highest BCUT2D eigenvalue weighted by Gasteiger charge is 2.31. The summed E-state index contributed by atoms with van der Waals surface area (Å²) in [4.78, 5) is 22.4. The molecule has 5 heteroatoms. The van der Waals surface area contributed by atoms with Crippen molar-refractivity contribution in [2.75, 3.05) is 13.1 Å². The second-order valence-electron chi connectivity index (χ2n) is 5.34. The third kappa shape index (κ3) is 2.98. The third-order valence-corrected chi connectivity index (χ3v) is 3.90. The van der Waals surface area contributed by atoms with Crippen LogP contribution in [-0.4, -0.2) is 40.0 Å². The molecule has 0 bridgehead atoms. The summed E-state index contributed by atoms with van der Waals surface area (Å²) in [5, 5.41) is 0. The van der Waals surface area contributed by atoms with Gasteiger partial charge in [0.1, 0.15) is 6.10 Å². The Labute approximate surface area is 118 Å². The van der Waals surface area contributed by atoms with E-state index in [1.54, 1.807) is 18.6 Å². The minimum atomic E-state index is 0.0368. The van der Waals surface area contributed by atoms with Gasteiger partial charge < -0.3 is 9.64 Å². The largest absolute Gasteiger partial charge is 0.471 e. The molecule has 0 unspecified atom stereocenters. The number of carbonyl (C=O) groups is 1. The van der Waals surface area contributed by atoms with Crippen LogP contribution in [0, 0.1) is 5.92 Å². The molecule has 1 fully saturated rings. The van der Waals surface area contributed by atoms with Gasteiger partial charge >= 0.3 is 0 Å². The molecule has 0 saturated carbocycles. The van der Waals surface area contributed by atoms with E-state index in [1.165, 1.54) is 0 Å². The van der Waals surface area contributed by atoms with E-state index in [0.29, 0.717) is 12.4 Å². The van der Waals surface area contributed by atoms with E-state index in [2.05, 4.69) is 22.1 Å². The highest BCUT2D eigenvalue weighted by molar-refractivity contribution is 5.79. The smallest absolute Gasteiger partial charge is 0.232 e. The lowest BCUT2D eigenvalue weighted by atomic mass is 9.93. The highest BCUT2D eigenvalue weighted by atomic mass is 16.5. The Balaban J connectivity index is 1.54. The van der Waals surface area contributed by atoms with Crippen LogP contribution in [0.1, 0.15) is 25.7 Å². The van der Waals surface area contributed by atoms with Crippen molar-refractivity contribution in [3.05, 3.63) is 30.7 Å². The van der Waals surface area contributed by atoms with Crippen LogP contribution in [0.3, 0.4) is 0 Å². The fraction of sp³-hybridized carbons (Fsp3) is 0.533. The lowest BCUT2D eigenvalue weighted by molar-refractivity contribution is -0.135. The Kier molecular flexibility index (Phi) is 3.95. The van der Waals surface area contributed by atoms with Gasteiger partial charge in [0.25, 0.3) is 0 Å². The molecule has 2 atom stereocenters. The summed E-state index contributed by atoms with van der Waals surface area (Å²) >= 11 is 0. The van der Waals surface area contributed by atoms with Gasteiger partial charge in [0.05, 0.1) is 12.7 Å². The van der Waals surface area contributed by atoms with E-state index in [0.717, 1.165) is 32.2 Å². The Morgan fingerprint density at radius 1 is 1.30 bits per heavy atom. The van der Waals surface area contributed by atoms with Crippen molar-refractivity contribution < 1.29 is 9.53 Å². The number of nitrogens with zero attached hydrogens (tertiary/aromatic N) is 3. The van der Waals surface area contributed by atoms with Gasteiger partial charge in [-0.05, 0) is 19.3 Å². The predicted octanol–water partition coefficient (Wildman–Crippen LogP) is 1.81. The molecular formula is C15H19N3O2. The SMILES string of the molecule is O=C([C@@H]1CC=CCC1)N1CC[C@H](Oc2cnccn2)C1. The Bertz CT molecular complexity index is 489. The molecular weight excluding hydrogens is 254 g/mol. The number of hydrogen-bond acceptors (Lipinski definition) is 4. The lowest BCUT2D eigenvalue weighted by Crippen LogP contribution is -2.36. The maximum absolute atomic E-state index is 12.4.